The zero-order valence-electron chi connectivity index (χ0n) is 19.2. The summed E-state index contributed by atoms with van der Waals surface area (Å²) in [5, 5.41) is 26.3. The van der Waals surface area contributed by atoms with Gasteiger partial charge in [-0.25, -0.2) is 14.6 Å². The second kappa shape index (κ2) is 6.52. The number of hydrogen-bond donors (Lipinski definition) is 1. The van der Waals surface area contributed by atoms with Gasteiger partial charge < -0.3 is 14.7 Å². The fraction of sp³-hybridized carbons (Fsp3) is 0.520. The number of aromatic nitrogens is 4. The van der Waals surface area contributed by atoms with Gasteiger partial charge in [-0.1, -0.05) is 12.1 Å². The summed E-state index contributed by atoms with van der Waals surface area (Å²) in [6.07, 6.45) is 7.35. The second-order valence-electron chi connectivity index (χ2n) is 10.5. The van der Waals surface area contributed by atoms with Gasteiger partial charge >= 0.3 is 0 Å². The molecule has 1 spiro atoms. The molecule has 0 bridgehead atoms. The fourth-order valence-electron chi connectivity index (χ4n) is 5.83. The Morgan fingerprint density at radius 1 is 1.15 bits per heavy atom. The highest BCUT2D eigenvalue weighted by molar-refractivity contribution is 5.82. The number of anilines is 1. The third-order valence-corrected chi connectivity index (χ3v) is 8.41. The van der Waals surface area contributed by atoms with Gasteiger partial charge in [-0.2, -0.15) is 10.4 Å². The topological polar surface area (TPSA) is 100 Å². The van der Waals surface area contributed by atoms with Gasteiger partial charge in [-0.05, 0) is 56.6 Å². The molecule has 2 aromatic heterocycles. The van der Waals surface area contributed by atoms with Crippen molar-refractivity contribution in [1.29, 1.82) is 5.26 Å². The summed E-state index contributed by atoms with van der Waals surface area (Å²) in [6, 6.07) is 10.8. The first kappa shape index (κ1) is 20.6. The number of nitrogens with zero attached hydrogens (tertiary/aromatic N) is 6. The maximum absolute atomic E-state index is 10.7. The van der Waals surface area contributed by atoms with E-state index in [1.54, 1.807) is 27.3 Å². The molecule has 33 heavy (non-hydrogen) atoms. The zero-order chi connectivity index (χ0) is 23.1. The molecular formula is C25H28N6O2. The van der Waals surface area contributed by atoms with Gasteiger partial charge in [-0.3, -0.25) is 0 Å². The largest absolute Gasteiger partial charge is 0.387 e. The maximum Gasteiger partial charge on any atom is 0.159 e. The monoisotopic (exact) mass is 444 g/mol. The van der Waals surface area contributed by atoms with Crippen LogP contribution in [-0.4, -0.2) is 56.3 Å². The van der Waals surface area contributed by atoms with Crippen molar-refractivity contribution in [2.75, 3.05) is 25.1 Å². The van der Waals surface area contributed by atoms with Gasteiger partial charge in [0, 0.05) is 25.1 Å². The van der Waals surface area contributed by atoms with Crippen LogP contribution in [-0.2, 0) is 10.2 Å². The lowest BCUT2D eigenvalue weighted by atomic mass is 9.85. The van der Waals surface area contributed by atoms with Crippen LogP contribution in [0.4, 0.5) is 5.82 Å². The molecule has 3 aromatic rings. The molecule has 1 N–H and O–H groups in total. The number of ether oxygens (including phenoxy) is 1. The van der Waals surface area contributed by atoms with Crippen LogP contribution in [0.5, 0.6) is 0 Å². The average molecular weight is 445 g/mol. The van der Waals surface area contributed by atoms with Gasteiger partial charge in [0.15, 0.2) is 5.82 Å². The van der Waals surface area contributed by atoms with E-state index in [1.807, 2.05) is 16.9 Å². The molecule has 170 valence electrons. The molecule has 3 aliphatic rings. The Kier molecular flexibility index (Phi) is 4.07. The van der Waals surface area contributed by atoms with Crippen molar-refractivity contribution < 1.29 is 9.84 Å². The lowest BCUT2D eigenvalue weighted by Gasteiger charge is -2.39. The van der Waals surface area contributed by atoms with Crippen LogP contribution in [0.25, 0.3) is 16.7 Å². The van der Waals surface area contributed by atoms with Crippen molar-refractivity contribution in [3.05, 3.63) is 42.4 Å². The molecule has 1 aromatic carbocycles. The maximum atomic E-state index is 10.7. The Bertz CT molecular complexity index is 1300. The van der Waals surface area contributed by atoms with E-state index in [0.29, 0.717) is 18.8 Å². The summed E-state index contributed by atoms with van der Waals surface area (Å²) in [4.78, 5) is 11.1. The molecular weight excluding hydrogens is 416 g/mol. The van der Waals surface area contributed by atoms with E-state index in [4.69, 9.17) is 4.74 Å². The van der Waals surface area contributed by atoms with E-state index < -0.39 is 11.2 Å². The van der Waals surface area contributed by atoms with E-state index >= 15 is 0 Å². The van der Waals surface area contributed by atoms with Crippen LogP contribution in [0.15, 0.2) is 36.8 Å². The Morgan fingerprint density at radius 3 is 2.58 bits per heavy atom. The van der Waals surface area contributed by atoms with Crippen LogP contribution in [0, 0.1) is 16.7 Å². The molecule has 1 aliphatic heterocycles. The van der Waals surface area contributed by atoms with Crippen LogP contribution >= 0.6 is 0 Å². The molecule has 0 radical (unpaired) electrons. The first-order chi connectivity index (χ1) is 15.8. The molecule has 1 unspecified atom stereocenters. The van der Waals surface area contributed by atoms with Crippen molar-refractivity contribution in [1.82, 2.24) is 19.7 Å². The smallest absolute Gasteiger partial charge is 0.159 e. The average Bonchev–Trinajstić information content (AvgIpc) is 3.58. The molecule has 1 saturated heterocycles. The molecule has 2 atom stereocenters. The summed E-state index contributed by atoms with van der Waals surface area (Å²) in [6.45, 7) is 4.85. The normalized spacial score (nSPS) is 27.8. The minimum Gasteiger partial charge on any atom is -0.387 e. The number of aliphatic hydroxyl groups is 1. The van der Waals surface area contributed by atoms with E-state index in [9.17, 15) is 10.4 Å². The third kappa shape index (κ3) is 2.79. The van der Waals surface area contributed by atoms with Crippen LogP contribution in [0.3, 0.4) is 0 Å². The van der Waals surface area contributed by atoms with Gasteiger partial charge in [0.05, 0.1) is 35.3 Å². The number of fused-ring (bicyclic) bond motifs is 1. The second-order valence-corrected chi connectivity index (χ2v) is 10.5. The van der Waals surface area contributed by atoms with E-state index in [0.717, 1.165) is 48.1 Å². The van der Waals surface area contributed by atoms with Crippen molar-refractivity contribution in [3.8, 4) is 11.9 Å². The molecule has 8 nitrogen and oxygen atoms in total. The van der Waals surface area contributed by atoms with Crippen molar-refractivity contribution in [3.63, 3.8) is 0 Å². The Morgan fingerprint density at radius 2 is 1.94 bits per heavy atom. The van der Waals surface area contributed by atoms with Gasteiger partial charge in [0.25, 0.3) is 0 Å². The quantitative estimate of drug-likeness (QED) is 0.645. The van der Waals surface area contributed by atoms with Crippen molar-refractivity contribution in [2.45, 2.75) is 56.1 Å². The van der Waals surface area contributed by atoms with Crippen LogP contribution in [0.2, 0.25) is 0 Å². The molecule has 2 saturated carbocycles. The zero-order valence-corrected chi connectivity index (χ0v) is 19.2. The summed E-state index contributed by atoms with van der Waals surface area (Å²) >= 11 is 0. The minimum absolute atomic E-state index is 0.215. The molecule has 3 fully saturated rings. The summed E-state index contributed by atoms with van der Waals surface area (Å²) in [7, 11) is 1.65. The SMILES string of the molecule is COC1(C(C)(C)O)CCN(c2cc(-n3ncc4ccc([C@]5(C#N)CC56CC6)cc43)ncn2)C1. The van der Waals surface area contributed by atoms with Crippen LogP contribution < -0.4 is 4.90 Å². The molecule has 6 rings (SSSR count). The molecule has 8 heteroatoms. The lowest BCUT2D eigenvalue weighted by Crippen LogP contribution is -2.53. The third-order valence-electron chi connectivity index (χ3n) is 8.41. The minimum atomic E-state index is -0.973. The van der Waals surface area contributed by atoms with Crippen LogP contribution in [0.1, 0.15) is 45.1 Å². The highest BCUT2D eigenvalue weighted by Gasteiger charge is 2.75. The molecule has 3 heterocycles. The summed E-state index contributed by atoms with van der Waals surface area (Å²) in [5.41, 5.74) is 0.272. The first-order valence-corrected chi connectivity index (χ1v) is 11.5. The number of benzene rings is 1. The van der Waals surface area contributed by atoms with Gasteiger partial charge in [0.1, 0.15) is 17.7 Å². The molecule has 2 aliphatic carbocycles. The van der Waals surface area contributed by atoms with Crippen molar-refractivity contribution >= 4 is 16.7 Å². The standard InChI is InChI=1S/C25H28N6O2/c1-22(2,32)25(33-3)8-9-30(15-25)20-11-21(28-16-27-20)31-19-10-18(5-4-17(19)12-29-31)24(14-26)13-23(24)6-7-23/h4-5,10-12,16,32H,6-9,13,15H2,1-3H3/t24-,25?/m1/s1. The van der Waals surface area contributed by atoms with Gasteiger partial charge in [-0.15, -0.1) is 0 Å². The summed E-state index contributed by atoms with van der Waals surface area (Å²) in [5.74, 6) is 1.45. The predicted molar refractivity (Wildman–Crippen MR) is 123 cm³/mol. The van der Waals surface area contributed by atoms with E-state index in [-0.39, 0.29) is 10.8 Å². The summed E-state index contributed by atoms with van der Waals surface area (Å²) < 4.78 is 7.61. The number of nitriles is 1. The van der Waals surface area contributed by atoms with Gasteiger partial charge in [0.2, 0.25) is 0 Å². The number of rotatable bonds is 5. The molecule has 0 amide bonds. The highest BCUT2D eigenvalue weighted by Crippen LogP contribution is 2.78. The predicted octanol–water partition coefficient (Wildman–Crippen LogP) is 3.13. The van der Waals surface area contributed by atoms with E-state index in [1.165, 1.54) is 0 Å². The highest BCUT2D eigenvalue weighted by atomic mass is 16.5. The number of methoxy groups -OCH3 is 1. The Hall–Kier alpha value is -3.02. The first-order valence-electron chi connectivity index (χ1n) is 11.5. The fourth-order valence-corrected chi connectivity index (χ4v) is 5.83. The lowest BCUT2D eigenvalue weighted by molar-refractivity contribution is -0.138. The Labute approximate surface area is 192 Å². The van der Waals surface area contributed by atoms with Crippen molar-refractivity contribution in [2.24, 2.45) is 5.41 Å². The Balaban J connectivity index is 1.35. The number of hydrogen-bond acceptors (Lipinski definition) is 7. The van der Waals surface area contributed by atoms with E-state index in [2.05, 4.69) is 44.2 Å².